The molecule has 0 bridgehead atoms. The predicted octanol–water partition coefficient (Wildman–Crippen LogP) is 6.59. The lowest BCUT2D eigenvalue weighted by atomic mass is 9.89. The number of carbonyl (C=O) groups is 2. The van der Waals surface area contributed by atoms with Gasteiger partial charge in [0, 0.05) is 19.7 Å². The molecule has 0 saturated heterocycles. The number of hydrogen-bond donors (Lipinski definition) is 3. The number of hydrogen-bond acceptors (Lipinski definition) is 7. The van der Waals surface area contributed by atoms with Gasteiger partial charge in [0.05, 0.1) is 26.3 Å². The third kappa shape index (κ3) is 10.5. The zero-order valence-electron chi connectivity index (χ0n) is 27.1. The Morgan fingerprint density at radius 2 is 1.80 bits per heavy atom. The minimum Gasteiger partial charge on any atom is -0.504 e. The van der Waals surface area contributed by atoms with Crippen molar-refractivity contribution in [1.29, 1.82) is 0 Å². The van der Waals surface area contributed by atoms with Crippen LogP contribution in [-0.2, 0) is 33.6 Å². The summed E-state index contributed by atoms with van der Waals surface area (Å²) in [6.45, 7) is 7.06. The normalized spacial score (nSPS) is 14.7. The van der Waals surface area contributed by atoms with Gasteiger partial charge >= 0.3 is 0 Å². The highest BCUT2D eigenvalue weighted by atomic mass is 16.5. The average Bonchev–Trinajstić information content (AvgIpc) is 2.98. The number of methoxy groups -OCH3 is 2. The van der Waals surface area contributed by atoms with Gasteiger partial charge in [-0.25, -0.2) is 0 Å². The predicted molar refractivity (Wildman–Crippen MR) is 178 cm³/mol. The second-order valence-corrected chi connectivity index (χ2v) is 11.8. The van der Waals surface area contributed by atoms with Crippen LogP contribution in [0.2, 0.25) is 0 Å². The quantitative estimate of drug-likeness (QED) is 0.100. The van der Waals surface area contributed by atoms with Crippen LogP contribution in [-0.4, -0.2) is 43.7 Å². The van der Waals surface area contributed by atoms with Crippen molar-refractivity contribution in [2.24, 2.45) is 5.73 Å². The number of allylic oxidation sites excluding steroid dienone is 3. The minimum atomic E-state index is -0.319. The number of aromatic hydroxyl groups is 1. The van der Waals surface area contributed by atoms with Crippen molar-refractivity contribution in [3.8, 4) is 11.5 Å². The van der Waals surface area contributed by atoms with Gasteiger partial charge in [0.15, 0.2) is 17.3 Å². The van der Waals surface area contributed by atoms with Gasteiger partial charge in [0.2, 0.25) is 0 Å². The van der Waals surface area contributed by atoms with E-state index in [4.69, 9.17) is 15.2 Å². The van der Waals surface area contributed by atoms with E-state index in [1.807, 2.05) is 6.20 Å². The van der Waals surface area contributed by atoms with Gasteiger partial charge in [0.1, 0.15) is 5.78 Å². The van der Waals surface area contributed by atoms with Crippen LogP contribution in [0.15, 0.2) is 53.8 Å². The summed E-state index contributed by atoms with van der Waals surface area (Å²) in [5.74, 6) is 0.0798. The molecule has 0 spiro atoms. The third-order valence-corrected chi connectivity index (χ3v) is 8.09. The Balaban J connectivity index is 1.78. The number of phenols is 1. The number of dihydropyridines is 1. The van der Waals surface area contributed by atoms with Crippen LogP contribution in [0.25, 0.3) is 6.08 Å². The van der Waals surface area contributed by atoms with Gasteiger partial charge in [-0.3, -0.25) is 9.59 Å². The molecule has 1 aliphatic heterocycles. The highest BCUT2D eigenvalue weighted by molar-refractivity contribution is 6.06. The van der Waals surface area contributed by atoms with Gasteiger partial charge in [0.25, 0.3) is 0 Å². The molecule has 0 aromatic heterocycles. The van der Waals surface area contributed by atoms with Crippen LogP contribution in [0.3, 0.4) is 0 Å². The fraction of sp³-hybridized carbons (Fsp3) is 0.459. The largest absolute Gasteiger partial charge is 0.504 e. The standard InChI is InChI=1S/C37H50N2O5/c1-6-7-8-9-10-11-32(40)23-33(41)13-12-28-22-36(44-5)35(42)21-29(28)18-27-19-31(37(38)39-24-27)20-30-17-25(2)16-26(3)34(30)14-15-43-4/h12-13,16-17,19,21-22,24,37,39,42H,6-11,14-15,18,20,23,38H2,1-5H3. The number of Topliss-reactive ketones (excluding diaryl/α,β-unsaturated/α-hetero) is 1. The smallest absolute Gasteiger partial charge is 0.163 e. The summed E-state index contributed by atoms with van der Waals surface area (Å²) < 4.78 is 10.7. The van der Waals surface area contributed by atoms with Crippen molar-refractivity contribution >= 4 is 17.6 Å². The molecule has 238 valence electrons. The number of phenolic OH excluding ortho intramolecular Hbond substituents is 1. The van der Waals surface area contributed by atoms with Crippen molar-refractivity contribution in [3.63, 3.8) is 0 Å². The maximum Gasteiger partial charge on any atom is 0.163 e. The van der Waals surface area contributed by atoms with Crippen LogP contribution in [0.1, 0.15) is 85.3 Å². The second kappa shape index (κ2) is 17.6. The topological polar surface area (TPSA) is 111 Å². The number of aryl methyl sites for hydroxylation is 2. The summed E-state index contributed by atoms with van der Waals surface area (Å²) in [6.07, 6.45) is 14.5. The van der Waals surface area contributed by atoms with Crippen molar-refractivity contribution < 1.29 is 24.2 Å². The molecule has 7 heteroatoms. The van der Waals surface area contributed by atoms with E-state index in [9.17, 15) is 14.7 Å². The molecule has 3 rings (SSSR count). The lowest BCUT2D eigenvalue weighted by Gasteiger charge is -2.24. The lowest BCUT2D eigenvalue weighted by molar-refractivity contribution is -0.124. The number of carbonyl (C=O) groups excluding carboxylic acids is 2. The molecule has 7 nitrogen and oxygen atoms in total. The van der Waals surface area contributed by atoms with E-state index < -0.39 is 0 Å². The molecule has 0 fully saturated rings. The van der Waals surface area contributed by atoms with Crippen LogP contribution in [0, 0.1) is 13.8 Å². The maximum absolute atomic E-state index is 12.6. The van der Waals surface area contributed by atoms with Crippen molar-refractivity contribution in [1.82, 2.24) is 5.32 Å². The Morgan fingerprint density at radius 3 is 2.52 bits per heavy atom. The summed E-state index contributed by atoms with van der Waals surface area (Å²) in [7, 11) is 3.21. The van der Waals surface area contributed by atoms with Crippen LogP contribution in [0.4, 0.5) is 0 Å². The number of nitrogens with one attached hydrogen (secondary N) is 1. The fourth-order valence-corrected chi connectivity index (χ4v) is 5.73. The molecule has 0 saturated carbocycles. The van der Waals surface area contributed by atoms with Crippen molar-refractivity contribution in [2.45, 2.75) is 91.1 Å². The molecule has 1 unspecified atom stereocenters. The summed E-state index contributed by atoms with van der Waals surface area (Å²) >= 11 is 0. The van der Waals surface area contributed by atoms with Gasteiger partial charge < -0.3 is 25.6 Å². The summed E-state index contributed by atoms with van der Waals surface area (Å²) in [6, 6.07) is 7.81. The van der Waals surface area contributed by atoms with E-state index in [0.29, 0.717) is 31.6 Å². The summed E-state index contributed by atoms with van der Waals surface area (Å²) in [5, 5.41) is 13.9. The molecule has 0 amide bonds. The van der Waals surface area contributed by atoms with E-state index in [-0.39, 0.29) is 29.9 Å². The van der Waals surface area contributed by atoms with Crippen molar-refractivity contribution in [3.05, 3.63) is 87.1 Å². The monoisotopic (exact) mass is 602 g/mol. The highest BCUT2D eigenvalue weighted by Gasteiger charge is 2.18. The number of rotatable bonds is 18. The van der Waals surface area contributed by atoms with E-state index in [2.05, 4.69) is 44.3 Å². The Kier molecular flexibility index (Phi) is 13.9. The van der Waals surface area contributed by atoms with Gasteiger partial charge in [-0.2, -0.15) is 0 Å². The Morgan fingerprint density at radius 1 is 1.02 bits per heavy atom. The molecular weight excluding hydrogens is 552 g/mol. The second-order valence-electron chi connectivity index (χ2n) is 11.8. The van der Waals surface area contributed by atoms with Gasteiger partial charge in [-0.1, -0.05) is 62.5 Å². The number of unbranched alkanes of at least 4 members (excludes halogenated alkanes) is 4. The molecule has 1 atom stereocenters. The maximum atomic E-state index is 12.6. The zero-order chi connectivity index (χ0) is 32.1. The van der Waals surface area contributed by atoms with Crippen LogP contribution >= 0.6 is 0 Å². The van der Waals surface area contributed by atoms with Crippen LogP contribution in [0.5, 0.6) is 11.5 Å². The third-order valence-electron chi connectivity index (χ3n) is 8.09. The zero-order valence-corrected chi connectivity index (χ0v) is 27.1. The lowest BCUT2D eigenvalue weighted by Crippen LogP contribution is -2.38. The SMILES string of the molecule is CCCCCCCC(=O)CC(=O)C=Cc1cc(OC)c(O)cc1CC1=CNC(N)C(Cc2cc(C)cc(C)c2CCOC)=C1. The first-order valence-corrected chi connectivity index (χ1v) is 15.8. The molecule has 1 heterocycles. The number of ketones is 2. The Hall–Kier alpha value is -3.68. The highest BCUT2D eigenvalue weighted by Crippen LogP contribution is 2.32. The first kappa shape index (κ1) is 34.8. The number of ether oxygens (including phenoxy) is 2. The Bertz CT molecular complexity index is 1390. The van der Waals surface area contributed by atoms with Gasteiger partial charge in [-0.15, -0.1) is 0 Å². The van der Waals surface area contributed by atoms with E-state index in [1.54, 1.807) is 25.3 Å². The molecule has 44 heavy (non-hydrogen) atoms. The summed E-state index contributed by atoms with van der Waals surface area (Å²) in [5.41, 5.74) is 15.1. The van der Waals surface area contributed by atoms with Gasteiger partial charge in [-0.05, 0) is 96.7 Å². The van der Waals surface area contributed by atoms with Crippen LogP contribution < -0.4 is 15.8 Å². The molecule has 2 aromatic carbocycles. The first-order chi connectivity index (χ1) is 21.1. The molecule has 0 radical (unpaired) electrons. The van der Waals surface area contributed by atoms with E-state index >= 15 is 0 Å². The Labute approximate surface area is 263 Å². The van der Waals surface area contributed by atoms with E-state index in [1.165, 1.54) is 41.9 Å². The molecular formula is C37H50N2O5. The molecule has 4 N–H and O–H groups in total. The molecule has 1 aliphatic rings. The molecule has 0 aliphatic carbocycles. The minimum absolute atomic E-state index is 0.0209. The fourth-order valence-electron chi connectivity index (χ4n) is 5.73. The number of nitrogens with two attached hydrogens (primary N) is 1. The summed E-state index contributed by atoms with van der Waals surface area (Å²) in [4.78, 5) is 25.0. The average molecular weight is 603 g/mol. The molecule has 2 aromatic rings. The van der Waals surface area contributed by atoms with E-state index in [0.717, 1.165) is 54.4 Å². The first-order valence-electron chi connectivity index (χ1n) is 15.8. The van der Waals surface area contributed by atoms with Crippen molar-refractivity contribution in [2.75, 3.05) is 20.8 Å². The number of benzene rings is 2.